The molecule has 2 nitrogen and oxygen atoms in total. The van der Waals surface area contributed by atoms with Crippen LogP contribution in [0, 0.1) is 0 Å². The minimum atomic E-state index is -0.103. The lowest BCUT2D eigenvalue weighted by Gasteiger charge is -2.13. The first-order valence-corrected chi connectivity index (χ1v) is 5.56. The molecule has 0 aromatic heterocycles. The van der Waals surface area contributed by atoms with Gasteiger partial charge in [-0.1, -0.05) is 39.3 Å². The van der Waals surface area contributed by atoms with Gasteiger partial charge in [-0.2, -0.15) is 0 Å². The molecule has 0 aliphatic heterocycles. The van der Waals surface area contributed by atoms with Gasteiger partial charge in [0.2, 0.25) is 0 Å². The summed E-state index contributed by atoms with van der Waals surface area (Å²) in [5, 5.41) is 0. The number of unbranched alkanes of at least 4 members (excludes halogenated alkanes) is 2. The fraction of sp³-hybridized carbons (Fsp3) is 0.750. The Bertz CT molecular complexity index is 164. The van der Waals surface area contributed by atoms with Crippen molar-refractivity contribution in [3.8, 4) is 0 Å². The minimum Gasteiger partial charge on any atom is -0.458 e. The monoisotopic (exact) mass is 198 g/mol. The number of carbonyl (C=O) groups is 1. The van der Waals surface area contributed by atoms with Crippen LogP contribution in [-0.2, 0) is 9.53 Å². The van der Waals surface area contributed by atoms with E-state index in [4.69, 9.17) is 4.74 Å². The summed E-state index contributed by atoms with van der Waals surface area (Å²) >= 11 is 0. The topological polar surface area (TPSA) is 26.3 Å². The van der Waals surface area contributed by atoms with E-state index in [0.29, 0.717) is 6.42 Å². The Morgan fingerprint density at radius 2 is 2.07 bits per heavy atom. The predicted octanol–water partition coefficient (Wildman–Crippen LogP) is 3.46. The van der Waals surface area contributed by atoms with Crippen LogP contribution in [0.5, 0.6) is 0 Å². The lowest BCUT2D eigenvalue weighted by molar-refractivity contribution is -0.147. The van der Waals surface area contributed by atoms with Crippen LogP contribution in [0.2, 0.25) is 0 Å². The Balaban J connectivity index is 3.67. The highest BCUT2D eigenvalue weighted by molar-refractivity contribution is 5.69. The van der Waals surface area contributed by atoms with Crippen molar-refractivity contribution in [3.63, 3.8) is 0 Å². The first-order valence-electron chi connectivity index (χ1n) is 5.56. The molecule has 0 spiro atoms. The highest BCUT2D eigenvalue weighted by Gasteiger charge is 2.09. The molecular formula is C12H22O2. The number of ether oxygens (including phenoxy) is 1. The Kier molecular flexibility index (Phi) is 8.30. The summed E-state index contributed by atoms with van der Waals surface area (Å²) in [4.78, 5) is 11.2. The number of hydrogen-bond donors (Lipinski definition) is 0. The Morgan fingerprint density at radius 3 is 2.57 bits per heavy atom. The number of rotatable bonds is 8. The third-order valence-electron chi connectivity index (χ3n) is 2.09. The van der Waals surface area contributed by atoms with E-state index in [0.717, 1.165) is 19.3 Å². The van der Waals surface area contributed by atoms with Crippen molar-refractivity contribution >= 4 is 5.97 Å². The van der Waals surface area contributed by atoms with Gasteiger partial charge in [-0.05, 0) is 19.3 Å². The summed E-state index contributed by atoms with van der Waals surface area (Å²) < 4.78 is 5.23. The van der Waals surface area contributed by atoms with Crippen molar-refractivity contribution < 1.29 is 9.53 Å². The van der Waals surface area contributed by atoms with E-state index in [1.165, 1.54) is 12.8 Å². The van der Waals surface area contributed by atoms with E-state index in [-0.39, 0.29) is 12.1 Å². The van der Waals surface area contributed by atoms with Crippen molar-refractivity contribution in [2.24, 2.45) is 0 Å². The van der Waals surface area contributed by atoms with Crippen LogP contribution in [0.3, 0.4) is 0 Å². The Labute approximate surface area is 87.3 Å². The average molecular weight is 198 g/mol. The summed E-state index contributed by atoms with van der Waals surface area (Å²) in [6.07, 6.45) is 7.39. The van der Waals surface area contributed by atoms with Crippen molar-refractivity contribution in [3.05, 3.63) is 12.7 Å². The number of hydrogen-bond acceptors (Lipinski definition) is 2. The molecule has 0 aliphatic rings. The Morgan fingerprint density at radius 1 is 1.36 bits per heavy atom. The summed E-state index contributed by atoms with van der Waals surface area (Å²) in [5.74, 6) is -0.103. The molecule has 0 N–H and O–H groups in total. The highest BCUT2D eigenvalue weighted by Crippen LogP contribution is 2.09. The molecule has 0 saturated heterocycles. The number of carbonyl (C=O) groups excluding carboxylic acids is 1. The molecule has 82 valence electrons. The molecule has 2 heteroatoms. The second kappa shape index (κ2) is 8.79. The molecule has 0 fully saturated rings. The van der Waals surface area contributed by atoms with Crippen LogP contribution in [0.25, 0.3) is 0 Å². The summed E-state index contributed by atoms with van der Waals surface area (Å²) in [6.45, 7) is 7.81. The van der Waals surface area contributed by atoms with E-state index in [2.05, 4.69) is 13.5 Å². The fourth-order valence-electron chi connectivity index (χ4n) is 1.25. The van der Waals surface area contributed by atoms with Crippen molar-refractivity contribution in [1.29, 1.82) is 0 Å². The molecule has 0 aromatic carbocycles. The molecule has 14 heavy (non-hydrogen) atoms. The third kappa shape index (κ3) is 6.70. The fourth-order valence-corrected chi connectivity index (χ4v) is 1.25. The summed E-state index contributed by atoms with van der Waals surface area (Å²) in [6, 6.07) is 0. The van der Waals surface area contributed by atoms with E-state index in [1.54, 1.807) is 6.08 Å². The second-order valence-electron chi connectivity index (χ2n) is 3.51. The number of esters is 1. The van der Waals surface area contributed by atoms with E-state index in [1.807, 2.05) is 6.92 Å². The molecule has 0 heterocycles. The van der Waals surface area contributed by atoms with Crippen LogP contribution in [0.15, 0.2) is 12.7 Å². The van der Waals surface area contributed by atoms with Crippen molar-refractivity contribution in [2.45, 2.75) is 58.5 Å². The highest BCUT2D eigenvalue weighted by atomic mass is 16.5. The maximum Gasteiger partial charge on any atom is 0.306 e. The quantitative estimate of drug-likeness (QED) is 0.339. The zero-order valence-corrected chi connectivity index (χ0v) is 9.42. The summed E-state index contributed by atoms with van der Waals surface area (Å²) in [5.41, 5.74) is 0. The SMILES string of the molecule is C=C[C@@H](CCCCC)OC(=O)CCC. The van der Waals surface area contributed by atoms with Crippen LogP contribution < -0.4 is 0 Å². The van der Waals surface area contributed by atoms with Gasteiger partial charge in [-0.15, -0.1) is 0 Å². The molecule has 0 amide bonds. The van der Waals surface area contributed by atoms with Crippen LogP contribution in [-0.4, -0.2) is 12.1 Å². The molecule has 0 radical (unpaired) electrons. The van der Waals surface area contributed by atoms with Gasteiger partial charge in [0.05, 0.1) is 0 Å². The normalized spacial score (nSPS) is 12.1. The van der Waals surface area contributed by atoms with Gasteiger partial charge in [-0.25, -0.2) is 0 Å². The molecule has 0 saturated carbocycles. The average Bonchev–Trinajstić information content (AvgIpc) is 2.17. The lowest BCUT2D eigenvalue weighted by Crippen LogP contribution is -2.15. The standard InChI is InChI=1S/C12H22O2/c1-4-7-8-10-11(6-3)14-12(13)9-5-2/h6,11H,3-5,7-10H2,1-2H3/t11-/m0/s1. The zero-order chi connectivity index (χ0) is 10.8. The van der Waals surface area contributed by atoms with Gasteiger partial charge in [0.1, 0.15) is 6.10 Å². The van der Waals surface area contributed by atoms with E-state index >= 15 is 0 Å². The molecule has 0 rings (SSSR count). The third-order valence-corrected chi connectivity index (χ3v) is 2.09. The van der Waals surface area contributed by atoms with Gasteiger partial charge in [-0.3, -0.25) is 4.79 Å². The van der Waals surface area contributed by atoms with E-state index < -0.39 is 0 Å². The van der Waals surface area contributed by atoms with Gasteiger partial charge in [0.15, 0.2) is 0 Å². The largest absolute Gasteiger partial charge is 0.458 e. The molecule has 0 bridgehead atoms. The first-order chi connectivity index (χ1) is 6.74. The lowest BCUT2D eigenvalue weighted by atomic mass is 10.1. The van der Waals surface area contributed by atoms with Crippen molar-refractivity contribution in [2.75, 3.05) is 0 Å². The predicted molar refractivity (Wildman–Crippen MR) is 59.1 cm³/mol. The van der Waals surface area contributed by atoms with Crippen LogP contribution >= 0.6 is 0 Å². The Hall–Kier alpha value is -0.790. The molecular weight excluding hydrogens is 176 g/mol. The van der Waals surface area contributed by atoms with Gasteiger partial charge >= 0.3 is 5.97 Å². The minimum absolute atomic E-state index is 0.0828. The van der Waals surface area contributed by atoms with Gasteiger partial charge in [0.25, 0.3) is 0 Å². The van der Waals surface area contributed by atoms with Crippen LogP contribution in [0.4, 0.5) is 0 Å². The molecule has 0 unspecified atom stereocenters. The van der Waals surface area contributed by atoms with Crippen LogP contribution in [0.1, 0.15) is 52.4 Å². The van der Waals surface area contributed by atoms with E-state index in [9.17, 15) is 4.79 Å². The van der Waals surface area contributed by atoms with Crippen molar-refractivity contribution in [1.82, 2.24) is 0 Å². The van der Waals surface area contributed by atoms with Gasteiger partial charge in [0, 0.05) is 6.42 Å². The van der Waals surface area contributed by atoms with Gasteiger partial charge < -0.3 is 4.74 Å². The maximum atomic E-state index is 11.2. The zero-order valence-electron chi connectivity index (χ0n) is 9.42. The maximum absolute atomic E-state index is 11.2. The first kappa shape index (κ1) is 13.2. The summed E-state index contributed by atoms with van der Waals surface area (Å²) in [7, 11) is 0. The molecule has 0 aliphatic carbocycles. The smallest absolute Gasteiger partial charge is 0.306 e. The molecule has 0 aromatic rings. The molecule has 1 atom stereocenters. The second-order valence-corrected chi connectivity index (χ2v) is 3.51.